The minimum atomic E-state index is -4.82. The minimum absolute atomic E-state index is 0.0617. The van der Waals surface area contributed by atoms with Crippen molar-refractivity contribution in [1.29, 1.82) is 5.26 Å². The number of carbonyl (C=O) groups excluding carboxylic acids is 1. The van der Waals surface area contributed by atoms with Crippen LogP contribution in [0.2, 0.25) is 5.02 Å². The molecule has 0 aliphatic rings. The van der Waals surface area contributed by atoms with Crippen LogP contribution < -0.4 is 5.32 Å². The highest BCUT2D eigenvalue weighted by Crippen LogP contribution is 2.33. The van der Waals surface area contributed by atoms with E-state index < -0.39 is 43.9 Å². The van der Waals surface area contributed by atoms with Crippen LogP contribution in [0.4, 0.5) is 23.2 Å². The summed E-state index contributed by atoms with van der Waals surface area (Å²) in [4.78, 5) is 11.9. The van der Waals surface area contributed by atoms with E-state index in [0.29, 0.717) is 6.92 Å². The van der Waals surface area contributed by atoms with Crippen molar-refractivity contribution < 1.29 is 30.8 Å². The van der Waals surface area contributed by atoms with Gasteiger partial charge in [0.2, 0.25) is 10.0 Å². The fourth-order valence-corrected chi connectivity index (χ4v) is 4.50. The summed E-state index contributed by atoms with van der Waals surface area (Å²) >= 11 is 6.04. The summed E-state index contributed by atoms with van der Waals surface area (Å²) < 4.78 is 78.5. The molecule has 0 radical (unpaired) electrons. The molecule has 1 N–H and O–H groups in total. The molecule has 13 heteroatoms. The zero-order valence-corrected chi connectivity index (χ0v) is 17.3. The quantitative estimate of drug-likeness (QED) is 0.682. The molecule has 0 unspecified atom stereocenters. The fraction of sp³-hybridized carbons (Fsp3) is 0.294. The Morgan fingerprint density at radius 2 is 1.97 bits per heavy atom. The molecule has 2 rings (SSSR count). The van der Waals surface area contributed by atoms with Gasteiger partial charge in [-0.3, -0.25) is 4.79 Å². The third kappa shape index (κ3) is 4.43. The number of rotatable bonds is 5. The number of benzene rings is 1. The van der Waals surface area contributed by atoms with Gasteiger partial charge in [0.1, 0.15) is 28.5 Å². The van der Waals surface area contributed by atoms with E-state index in [0.717, 1.165) is 36.0 Å². The van der Waals surface area contributed by atoms with E-state index in [4.69, 9.17) is 16.9 Å². The van der Waals surface area contributed by atoms with Crippen LogP contribution in [0.5, 0.6) is 0 Å². The number of nitrogens with zero attached hydrogens (tertiary/aromatic N) is 3. The van der Waals surface area contributed by atoms with Crippen molar-refractivity contribution in [3.8, 4) is 6.07 Å². The average molecular weight is 467 g/mol. The van der Waals surface area contributed by atoms with Gasteiger partial charge in [-0.2, -0.15) is 22.7 Å². The zero-order chi connectivity index (χ0) is 23.0. The number of hydrogen-bond donors (Lipinski definition) is 1. The highest BCUT2D eigenvalue weighted by molar-refractivity contribution is 7.89. The number of anilines is 1. The molecule has 162 valence electrons. The first-order valence-corrected chi connectivity index (χ1v) is 9.94. The van der Waals surface area contributed by atoms with Crippen molar-refractivity contribution in [2.75, 3.05) is 12.4 Å². The lowest BCUT2D eigenvalue weighted by atomic mass is 10.2. The van der Waals surface area contributed by atoms with Gasteiger partial charge in [0, 0.05) is 20.3 Å². The van der Waals surface area contributed by atoms with Crippen LogP contribution in [-0.4, -0.2) is 42.5 Å². The SMILES string of the molecule is C[C@@H](N(C)S(=O)(=O)c1cn(C)c(C(=O)Nc2ccc(F)cc2C#N)c1Cl)C(F)(F)F. The van der Waals surface area contributed by atoms with Gasteiger partial charge in [-0.1, -0.05) is 11.6 Å². The van der Waals surface area contributed by atoms with Crippen molar-refractivity contribution in [1.82, 2.24) is 8.87 Å². The van der Waals surface area contributed by atoms with Crippen LogP contribution >= 0.6 is 11.6 Å². The molecule has 30 heavy (non-hydrogen) atoms. The van der Waals surface area contributed by atoms with Crippen LogP contribution in [0.1, 0.15) is 23.0 Å². The summed E-state index contributed by atoms with van der Waals surface area (Å²) in [6.45, 7) is 0.667. The molecule has 0 saturated carbocycles. The van der Waals surface area contributed by atoms with E-state index >= 15 is 0 Å². The maximum atomic E-state index is 13.2. The molecule has 1 aromatic carbocycles. The third-order valence-corrected chi connectivity index (χ3v) is 6.76. The summed E-state index contributed by atoms with van der Waals surface area (Å²) in [6.07, 6.45) is -3.92. The molecule has 1 amide bonds. The Balaban J connectivity index is 2.45. The van der Waals surface area contributed by atoms with Crippen LogP contribution in [-0.2, 0) is 17.1 Å². The molecule has 1 heterocycles. The monoisotopic (exact) mass is 466 g/mol. The van der Waals surface area contributed by atoms with Crippen molar-refractivity contribution in [2.24, 2.45) is 7.05 Å². The van der Waals surface area contributed by atoms with Crippen LogP contribution in [0, 0.1) is 17.1 Å². The molecule has 7 nitrogen and oxygen atoms in total. The van der Waals surface area contributed by atoms with Crippen molar-refractivity contribution in [3.63, 3.8) is 0 Å². The number of amides is 1. The van der Waals surface area contributed by atoms with Gasteiger partial charge in [0.05, 0.1) is 16.3 Å². The summed E-state index contributed by atoms with van der Waals surface area (Å²) in [5, 5.41) is 10.8. The number of nitrogens with one attached hydrogen (secondary N) is 1. The predicted molar refractivity (Wildman–Crippen MR) is 100.0 cm³/mol. The average Bonchev–Trinajstić information content (AvgIpc) is 2.95. The Bertz CT molecular complexity index is 1140. The number of sulfonamides is 1. The van der Waals surface area contributed by atoms with Crippen molar-refractivity contribution >= 4 is 33.2 Å². The highest BCUT2D eigenvalue weighted by Gasteiger charge is 2.44. The minimum Gasteiger partial charge on any atom is -0.344 e. The first-order valence-electron chi connectivity index (χ1n) is 8.12. The molecule has 1 atom stereocenters. The molecule has 0 aliphatic heterocycles. The maximum Gasteiger partial charge on any atom is 0.404 e. The standard InChI is InChI=1S/C17H15ClF4N4O3S/c1-9(17(20,21)22)26(3)30(28,29)13-8-25(2)15(14(13)18)16(27)24-12-5-4-11(19)6-10(12)7-23/h4-6,8-9H,1-3H3,(H,24,27)/t9-/m1/s1. The van der Waals surface area contributed by atoms with E-state index in [1.807, 2.05) is 0 Å². The smallest absolute Gasteiger partial charge is 0.344 e. The Hall–Kier alpha value is -2.62. The second-order valence-corrected chi connectivity index (χ2v) is 8.61. The molecular formula is C17H15ClF4N4O3S. The van der Waals surface area contributed by atoms with E-state index in [1.165, 1.54) is 7.05 Å². The predicted octanol–water partition coefficient (Wildman–Crippen LogP) is 3.51. The van der Waals surface area contributed by atoms with Crippen LogP contribution in [0.15, 0.2) is 29.3 Å². The zero-order valence-electron chi connectivity index (χ0n) is 15.8. The largest absolute Gasteiger partial charge is 0.404 e. The van der Waals surface area contributed by atoms with Gasteiger partial charge in [-0.25, -0.2) is 12.8 Å². The summed E-state index contributed by atoms with van der Waals surface area (Å²) in [6, 6.07) is 2.35. The Morgan fingerprint density at radius 3 is 2.50 bits per heavy atom. The second kappa shape index (κ2) is 8.25. The summed E-state index contributed by atoms with van der Waals surface area (Å²) in [7, 11) is -2.69. The first kappa shape index (κ1) is 23.7. The maximum absolute atomic E-state index is 13.2. The molecule has 0 saturated heterocycles. The lowest BCUT2D eigenvalue weighted by Gasteiger charge is -2.25. The Labute approximate surface area is 174 Å². The molecule has 2 aromatic rings. The number of alkyl halides is 3. The van der Waals surface area contributed by atoms with E-state index in [1.54, 1.807) is 6.07 Å². The Kier molecular flexibility index (Phi) is 6.51. The van der Waals surface area contributed by atoms with Crippen LogP contribution in [0.3, 0.4) is 0 Å². The topological polar surface area (TPSA) is 95.2 Å². The van der Waals surface area contributed by atoms with E-state index in [9.17, 15) is 30.8 Å². The molecule has 0 spiro atoms. The van der Waals surface area contributed by atoms with E-state index in [-0.39, 0.29) is 21.2 Å². The highest BCUT2D eigenvalue weighted by atomic mass is 35.5. The van der Waals surface area contributed by atoms with Gasteiger partial charge in [0.15, 0.2) is 0 Å². The molecule has 0 bridgehead atoms. The molecule has 0 fully saturated rings. The molecule has 0 aliphatic carbocycles. The van der Waals surface area contributed by atoms with Gasteiger partial charge in [-0.15, -0.1) is 0 Å². The molecule has 1 aromatic heterocycles. The Morgan fingerprint density at radius 1 is 1.37 bits per heavy atom. The number of carbonyl (C=O) groups is 1. The van der Waals surface area contributed by atoms with Gasteiger partial charge in [-0.05, 0) is 25.1 Å². The van der Waals surface area contributed by atoms with Crippen molar-refractivity contribution in [3.05, 3.63) is 46.5 Å². The first-order chi connectivity index (χ1) is 13.7. The molecular weight excluding hydrogens is 452 g/mol. The van der Waals surface area contributed by atoms with Gasteiger partial charge >= 0.3 is 6.18 Å². The lowest BCUT2D eigenvalue weighted by molar-refractivity contribution is -0.164. The number of nitriles is 1. The lowest BCUT2D eigenvalue weighted by Crippen LogP contribution is -2.44. The van der Waals surface area contributed by atoms with Gasteiger partial charge in [0.25, 0.3) is 5.91 Å². The van der Waals surface area contributed by atoms with Gasteiger partial charge < -0.3 is 9.88 Å². The fourth-order valence-electron chi connectivity index (χ4n) is 2.48. The van der Waals surface area contributed by atoms with Crippen molar-refractivity contribution in [2.45, 2.75) is 24.0 Å². The second-order valence-electron chi connectivity index (χ2n) is 6.26. The summed E-state index contributed by atoms with van der Waals surface area (Å²) in [5.74, 6) is -1.66. The normalized spacial score (nSPS) is 13.2. The number of aromatic nitrogens is 1. The summed E-state index contributed by atoms with van der Waals surface area (Å²) in [5.41, 5.74) is -0.634. The number of halogens is 5. The number of hydrogen-bond acceptors (Lipinski definition) is 4. The van der Waals surface area contributed by atoms with E-state index in [2.05, 4.69) is 5.32 Å². The van der Waals surface area contributed by atoms with Crippen LogP contribution in [0.25, 0.3) is 0 Å². The number of aryl methyl sites for hydroxylation is 1. The third-order valence-electron chi connectivity index (χ3n) is 4.33.